The number of hydrogen-bond donors (Lipinski definition) is 4. The Morgan fingerprint density at radius 3 is 1.05 bits per heavy atom. The Balaban J connectivity index is -0.0000000236. The summed E-state index contributed by atoms with van der Waals surface area (Å²) >= 11 is 3.39. The zero-order chi connectivity index (χ0) is 18.1. The summed E-state index contributed by atoms with van der Waals surface area (Å²) in [5.74, 6) is -1.88. The van der Waals surface area contributed by atoms with Crippen molar-refractivity contribution in [2.24, 2.45) is 0 Å². The van der Waals surface area contributed by atoms with Gasteiger partial charge in [-0.05, 0) is 6.92 Å². The number of carbonyl (C=O) groups is 3. The molecule has 0 aromatic heterocycles. The quantitative estimate of drug-likeness (QED) is 0.278. The third-order valence-corrected chi connectivity index (χ3v) is 0.348. The largest absolute Gasteiger partial charge is 1.00 e. The molecule has 0 aliphatic carbocycles. The molecule has 0 aromatic carbocycles. The number of esters is 1. The Labute approximate surface area is 152 Å². The molecule has 21 heavy (non-hydrogen) atoms. The SMILES string of the molecule is CC(=O)O.CC(=O)O.CCOC(C)=O.CO.CO.[Na+].[O-]Cl. The van der Waals surface area contributed by atoms with E-state index in [4.69, 9.17) is 34.7 Å². The number of carbonyl (C=O) groups excluding carboxylic acids is 1. The van der Waals surface area contributed by atoms with Gasteiger partial charge in [0.2, 0.25) is 0 Å². The minimum absolute atomic E-state index is 0. The van der Waals surface area contributed by atoms with Gasteiger partial charge in [0.25, 0.3) is 11.9 Å². The maximum absolute atomic E-state index is 9.82. The van der Waals surface area contributed by atoms with Crippen molar-refractivity contribution in [1.82, 2.24) is 0 Å². The first-order chi connectivity index (χ1) is 9.23. The summed E-state index contributed by atoms with van der Waals surface area (Å²) < 4.78 is 12.1. The van der Waals surface area contributed by atoms with Crippen LogP contribution in [0.25, 0.3) is 0 Å². The van der Waals surface area contributed by atoms with Crippen molar-refractivity contribution in [2.45, 2.75) is 27.7 Å². The summed E-state index contributed by atoms with van der Waals surface area (Å²) in [5, 5.41) is 28.8. The Hall–Kier alpha value is -0.420. The van der Waals surface area contributed by atoms with Gasteiger partial charge < -0.3 is 29.8 Å². The van der Waals surface area contributed by atoms with E-state index in [1.54, 1.807) is 6.92 Å². The molecule has 0 atom stereocenters. The summed E-state index contributed by atoms with van der Waals surface area (Å²) in [6.07, 6.45) is 0. The van der Waals surface area contributed by atoms with Gasteiger partial charge in [-0.1, -0.05) is 0 Å². The van der Waals surface area contributed by atoms with Gasteiger partial charge >= 0.3 is 35.5 Å². The van der Waals surface area contributed by atoms with E-state index in [0.717, 1.165) is 28.1 Å². The topological polar surface area (TPSA) is 164 Å². The maximum Gasteiger partial charge on any atom is 1.00 e. The van der Waals surface area contributed by atoms with Crippen molar-refractivity contribution in [1.29, 1.82) is 0 Å². The number of ether oxygens (including phenoxy) is 1. The van der Waals surface area contributed by atoms with Gasteiger partial charge in [0, 0.05) is 35.0 Å². The summed E-state index contributed by atoms with van der Waals surface area (Å²) in [5.41, 5.74) is 0. The second-order valence-corrected chi connectivity index (χ2v) is 1.96. The fourth-order valence-electron chi connectivity index (χ4n) is 0.203. The standard InChI is InChI=1S/C4H8O2.2C2H4O2.2CH4O.ClO.Na/c1-3-6-4(2)5;2*1-2(3)4;3*1-2;/h3H2,1-2H3;2*1H3,(H,3,4);2*2H,1H3;;/q;;;;;-1;+1. The number of aliphatic hydroxyl groups is 2. The molecule has 4 N–H and O–H groups in total. The first-order valence-electron chi connectivity index (χ1n) is 4.81. The van der Waals surface area contributed by atoms with Crippen LogP contribution in [0.4, 0.5) is 0 Å². The second kappa shape index (κ2) is 60.4. The van der Waals surface area contributed by atoms with Gasteiger partial charge in [0.15, 0.2) is 0 Å². The van der Waals surface area contributed by atoms with Crippen molar-refractivity contribution < 1.29 is 73.8 Å². The average molecular weight is 347 g/mol. The van der Waals surface area contributed by atoms with Crippen molar-refractivity contribution >= 4 is 29.8 Å². The van der Waals surface area contributed by atoms with Crippen molar-refractivity contribution in [3.8, 4) is 0 Å². The summed E-state index contributed by atoms with van der Waals surface area (Å²) in [6.45, 7) is 5.82. The molecule has 0 heterocycles. The predicted molar refractivity (Wildman–Crippen MR) is 71.1 cm³/mol. The molecule has 0 aliphatic heterocycles. The number of aliphatic hydroxyl groups excluding tert-OH is 2. The smallest absolute Gasteiger partial charge is 0.769 e. The average Bonchev–Trinajstić information content (AvgIpc) is 2.35. The molecule has 0 saturated carbocycles. The van der Waals surface area contributed by atoms with E-state index >= 15 is 0 Å². The molecule has 0 bridgehead atoms. The summed E-state index contributed by atoms with van der Waals surface area (Å²) in [7, 11) is 2.00. The van der Waals surface area contributed by atoms with Crippen LogP contribution in [0.2, 0.25) is 0 Å². The molecule has 9 nitrogen and oxygen atoms in total. The van der Waals surface area contributed by atoms with Gasteiger partial charge in [0.05, 0.1) is 6.61 Å². The van der Waals surface area contributed by atoms with E-state index in [9.17, 15) is 4.79 Å². The molecule has 11 heteroatoms. The zero-order valence-corrected chi connectivity index (χ0v) is 16.2. The van der Waals surface area contributed by atoms with E-state index in [0.29, 0.717) is 6.61 Å². The minimum atomic E-state index is -0.833. The first-order valence-corrected chi connectivity index (χ1v) is 5.12. The molecule has 0 rings (SSSR count). The Morgan fingerprint density at radius 2 is 1.05 bits per heavy atom. The number of hydrogen-bond acceptors (Lipinski definition) is 7. The van der Waals surface area contributed by atoms with Crippen LogP contribution in [0, 0.1) is 0 Å². The Morgan fingerprint density at radius 1 is 0.905 bits per heavy atom. The predicted octanol–water partition coefficient (Wildman–Crippen LogP) is -3.53. The summed E-state index contributed by atoms with van der Waals surface area (Å²) in [4.78, 5) is 27.8. The van der Waals surface area contributed by atoms with E-state index in [-0.39, 0.29) is 35.5 Å². The number of carboxylic acid groups (broad SMARTS) is 2. The van der Waals surface area contributed by atoms with Gasteiger partial charge in [-0.25, -0.2) is 11.9 Å². The van der Waals surface area contributed by atoms with Gasteiger partial charge in [0.1, 0.15) is 0 Å². The molecule has 0 spiro atoms. The second-order valence-electron chi connectivity index (χ2n) is 1.96. The van der Waals surface area contributed by atoms with Crippen molar-refractivity contribution in [2.75, 3.05) is 20.8 Å². The number of carboxylic acids is 2. The molecular formula is C10H24ClNaO9. The molecule has 0 fully saturated rings. The van der Waals surface area contributed by atoms with Crippen LogP contribution in [0.15, 0.2) is 0 Å². The zero-order valence-electron chi connectivity index (χ0n) is 13.4. The molecule has 0 amide bonds. The van der Waals surface area contributed by atoms with Crippen LogP contribution >= 0.6 is 11.9 Å². The molecule has 0 unspecified atom stereocenters. The minimum Gasteiger partial charge on any atom is -0.769 e. The van der Waals surface area contributed by atoms with Crippen LogP contribution in [0.5, 0.6) is 0 Å². The number of aliphatic carboxylic acids is 2. The fraction of sp³-hybridized carbons (Fsp3) is 0.700. The number of halogens is 1. The molecule has 0 aliphatic rings. The maximum atomic E-state index is 9.82. The summed E-state index contributed by atoms with van der Waals surface area (Å²) in [6, 6.07) is 0. The van der Waals surface area contributed by atoms with E-state index < -0.39 is 11.9 Å². The normalized spacial score (nSPS) is 5.43. The Bertz CT molecular complexity index is 171. The van der Waals surface area contributed by atoms with Crippen molar-refractivity contribution in [3.05, 3.63) is 0 Å². The Kier molecular flexibility index (Phi) is 123. The first kappa shape index (κ1) is 42.8. The third kappa shape index (κ3) is 909. The van der Waals surface area contributed by atoms with Crippen LogP contribution in [0.3, 0.4) is 0 Å². The van der Waals surface area contributed by atoms with Crippen LogP contribution in [0.1, 0.15) is 27.7 Å². The molecule has 0 aromatic rings. The monoisotopic (exact) mass is 346 g/mol. The molecule has 0 saturated heterocycles. The molecular weight excluding hydrogens is 323 g/mol. The van der Waals surface area contributed by atoms with Gasteiger partial charge in [-0.3, -0.25) is 14.4 Å². The van der Waals surface area contributed by atoms with Gasteiger partial charge in [-0.2, -0.15) is 0 Å². The van der Waals surface area contributed by atoms with E-state index in [1.165, 1.54) is 6.92 Å². The van der Waals surface area contributed by atoms with Crippen LogP contribution < -0.4 is 34.2 Å². The molecule has 0 radical (unpaired) electrons. The van der Waals surface area contributed by atoms with E-state index in [1.807, 2.05) is 0 Å². The van der Waals surface area contributed by atoms with Crippen LogP contribution in [-0.4, -0.2) is 59.2 Å². The third-order valence-electron chi connectivity index (χ3n) is 0.348. The van der Waals surface area contributed by atoms with Gasteiger partial charge in [-0.15, -0.1) is 0 Å². The fourth-order valence-corrected chi connectivity index (χ4v) is 0.203. The van der Waals surface area contributed by atoms with Crippen LogP contribution in [-0.2, 0) is 19.1 Å². The van der Waals surface area contributed by atoms with Crippen molar-refractivity contribution in [3.63, 3.8) is 0 Å². The molecule has 126 valence electrons. The van der Waals surface area contributed by atoms with E-state index in [2.05, 4.69) is 16.6 Å². The number of rotatable bonds is 1.